The molecule has 0 bridgehead atoms. The fraction of sp³-hybridized carbons (Fsp3) is 0.318. The summed E-state index contributed by atoms with van der Waals surface area (Å²) >= 11 is 0. The molecule has 2 aliphatic heterocycles. The summed E-state index contributed by atoms with van der Waals surface area (Å²) < 4.78 is 11.0. The fourth-order valence-electron chi connectivity index (χ4n) is 4.41. The number of ether oxygens (including phenoxy) is 2. The maximum Gasteiger partial charge on any atom is 0.325 e. The Morgan fingerprint density at radius 3 is 2.72 bits per heavy atom. The van der Waals surface area contributed by atoms with Crippen molar-refractivity contribution in [2.24, 2.45) is 0 Å². The summed E-state index contributed by atoms with van der Waals surface area (Å²) in [6, 6.07) is 12.0. The van der Waals surface area contributed by atoms with E-state index in [0.29, 0.717) is 36.7 Å². The van der Waals surface area contributed by atoms with Crippen LogP contribution in [0.1, 0.15) is 34.3 Å². The predicted molar refractivity (Wildman–Crippen MR) is 103 cm³/mol. The molecule has 1 spiro atoms. The summed E-state index contributed by atoms with van der Waals surface area (Å²) in [6.45, 7) is 0.570. The largest absolute Gasteiger partial charge is 0.486 e. The molecule has 1 N–H and O–H groups in total. The summed E-state index contributed by atoms with van der Waals surface area (Å²) in [5.41, 5.74) is 1.20. The van der Waals surface area contributed by atoms with Crippen molar-refractivity contribution in [1.29, 1.82) is 0 Å². The van der Waals surface area contributed by atoms with E-state index < -0.39 is 11.6 Å². The number of rotatable bonds is 3. The highest BCUT2D eigenvalue weighted by Crippen LogP contribution is 2.40. The van der Waals surface area contributed by atoms with Crippen LogP contribution in [0.25, 0.3) is 0 Å². The van der Waals surface area contributed by atoms with Crippen LogP contribution in [-0.4, -0.2) is 42.4 Å². The minimum atomic E-state index is -1.07. The van der Waals surface area contributed by atoms with Crippen LogP contribution in [0.5, 0.6) is 11.5 Å². The minimum absolute atomic E-state index is 0.311. The molecule has 1 atom stereocenters. The minimum Gasteiger partial charge on any atom is -0.486 e. The van der Waals surface area contributed by atoms with Gasteiger partial charge in [-0.25, -0.2) is 4.79 Å². The lowest BCUT2D eigenvalue weighted by atomic mass is 9.76. The van der Waals surface area contributed by atoms with Gasteiger partial charge in [0.25, 0.3) is 5.91 Å². The number of carbonyl (C=O) groups is 3. The Morgan fingerprint density at radius 2 is 1.86 bits per heavy atom. The van der Waals surface area contributed by atoms with Crippen LogP contribution in [0.2, 0.25) is 0 Å². The van der Waals surface area contributed by atoms with Gasteiger partial charge in [0.05, 0.1) is 6.54 Å². The van der Waals surface area contributed by atoms with Crippen LogP contribution < -0.4 is 14.8 Å². The third-order valence-corrected chi connectivity index (χ3v) is 5.82. The summed E-state index contributed by atoms with van der Waals surface area (Å²) in [5.74, 6) is 0.393. The molecule has 148 valence electrons. The molecule has 2 aromatic carbocycles. The second-order valence-electron chi connectivity index (χ2n) is 7.52. The molecule has 5 rings (SSSR count). The van der Waals surface area contributed by atoms with E-state index >= 15 is 0 Å². The van der Waals surface area contributed by atoms with E-state index in [1.165, 1.54) is 0 Å². The number of hydrogen-bond donors (Lipinski definition) is 1. The zero-order valence-corrected chi connectivity index (χ0v) is 15.8. The van der Waals surface area contributed by atoms with E-state index in [4.69, 9.17) is 9.47 Å². The molecule has 7 nitrogen and oxygen atoms in total. The molecular weight excluding hydrogens is 372 g/mol. The molecule has 1 aliphatic carbocycles. The van der Waals surface area contributed by atoms with Gasteiger partial charge in [-0.15, -0.1) is 0 Å². The van der Waals surface area contributed by atoms with E-state index in [1.54, 1.807) is 18.2 Å². The lowest BCUT2D eigenvalue weighted by molar-refractivity contribution is -0.131. The Balaban J connectivity index is 1.41. The van der Waals surface area contributed by atoms with Crippen molar-refractivity contribution in [1.82, 2.24) is 10.2 Å². The lowest BCUT2D eigenvalue weighted by Gasteiger charge is -2.33. The highest BCUT2D eigenvalue weighted by atomic mass is 16.6. The second-order valence-corrected chi connectivity index (χ2v) is 7.52. The van der Waals surface area contributed by atoms with Gasteiger partial charge in [-0.3, -0.25) is 14.5 Å². The number of aryl methyl sites for hydroxylation is 1. The third kappa shape index (κ3) is 2.76. The quantitative estimate of drug-likeness (QED) is 0.641. The molecule has 7 heteroatoms. The highest BCUT2D eigenvalue weighted by Gasteiger charge is 2.54. The number of fused-ring (bicyclic) bond motifs is 3. The number of nitrogens with zero attached hydrogens (tertiary/aromatic N) is 1. The van der Waals surface area contributed by atoms with Crippen LogP contribution in [0, 0.1) is 0 Å². The number of ketones is 1. The summed E-state index contributed by atoms with van der Waals surface area (Å²) in [5, 5.41) is 2.87. The molecular formula is C22H20N2O5. The maximum atomic E-state index is 13.3. The number of Topliss-reactive ketones (excluding diaryl/α,β-unsaturated/α-hetero) is 1. The van der Waals surface area contributed by atoms with E-state index in [2.05, 4.69) is 5.32 Å². The van der Waals surface area contributed by atoms with Crippen molar-refractivity contribution in [3.05, 3.63) is 59.2 Å². The first-order valence-electron chi connectivity index (χ1n) is 9.74. The fourth-order valence-corrected chi connectivity index (χ4v) is 4.41. The Labute approximate surface area is 167 Å². The topological polar surface area (TPSA) is 84.9 Å². The molecule has 0 radical (unpaired) electrons. The van der Waals surface area contributed by atoms with Gasteiger partial charge in [-0.2, -0.15) is 0 Å². The number of urea groups is 1. The van der Waals surface area contributed by atoms with Crippen molar-refractivity contribution >= 4 is 17.7 Å². The average molecular weight is 392 g/mol. The van der Waals surface area contributed by atoms with Crippen molar-refractivity contribution in [3.8, 4) is 11.5 Å². The molecule has 0 saturated carbocycles. The standard InChI is InChI=1S/C22H20N2O5/c25-17(15-7-8-18-19(12-15)29-11-10-28-18)13-24-20(26)22(23-21(24)27)9-3-5-14-4-1-2-6-16(14)22/h1-2,4,6-8,12H,3,5,9-11,13H2,(H,23,27)/t22-/m0/s1. The normalized spacial score (nSPS) is 22.4. The van der Waals surface area contributed by atoms with Crippen molar-refractivity contribution in [3.63, 3.8) is 0 Å². The first kappa shape index (κ1) is 17.7. The number of amides is 3. The first-order valence-corrected chi connectivity index (χ1v) is 9.74. The van der Waals surface area contributed by atoms with Crippen LogP contribution in [0.4, 0.5) is 4.79 Å². The lowest BCUT2D eigenvalue weighted by Crippen LogP contribution is -2.46. The van der Waals surface area contributed by atoms with Gasteiger partial charge in [0.1, 0.15) is 18.8 Å². The highest BCUT2D eigenvalue weighted by molar-refractivity contribution is 6.11. The smallest absolute Gasteiger partial charge is 0.325 e. The molecule has 2 aromatic rings. The Kier molecular flexibility index (Phi) is 4.04. The first-order chi connectivity index (χ1) is 14.1. The van der Waals surface area contributed by atoms with E-state index in [1.807, 2.05) is 24.3 Å². The van der Waals surface area contributed by atoms with Crippen molar-refractivity contribution in [2.75, 3.05) is 19.8 Å². The van der Waals surface area contributed by atoms with E-state index in [9.17, 15) is 14.4 Å². The van der Waals surface area contributed by atoms with Gasteiger partial charge in [-0.05, 0) is 48.6 Å². The molecule has 0 unspecified atom stereocenters. The molecule has 3 amide bonds. The van der Waals surface area contributed by atoms with E-state index in [0.717, 1.165) is 28.9 Å². The molecule has 0 aromatic heterocycles. The van der Waals surface area contributed by atoms with Gasteiger partial charge in [0, 0.05) is 5.56 Å². The van der Waals surface area contributed by atoms with Gasteiger partial charge < -0.3 is 14.8 Å². The Hall–Kier alpha value is -3.35. The summed E-state index contributed by atoms with van der Waals surface area (Å²) in [7, 11) is 0. The number of nitrogens with one attached hydrogen (secondary N) is 1. The van der Waals surface area contributed by atoms with Gasteiger partial charge in [-0.1, -0.05) is 24.3 Å². The maximum absolute atomic E-state index is 13.3. The van der Waals surface area contributed by atoms with Crippen LogP contribution in [0.3, 0.4) is 0 Å². The number of benzene rings is 2. The number of hydrogen-bond acceptors (Lipinski definition) is 5. The predicted octanol–water partition coefficient (Wildman–Crippen LogP) is 2.42. The molecule has 3 aliphatic rings. The van der Waals surface area contributed by atoms with Gasteiger partial charge in [0.2, 0.25) is 0 Å². The zero-order valence-electron chi connectivity index (χ0n) is 15.8. The number of carbonyl (C=O) groups excluding carboxylic acids is 3. The third-order valence-electron chi connectivity index (χ3n) is 5.82. The van der Waals surface area contributed by atoms with Crippen LogP contribution in [0.15, 0.2) is 42.5 Å². The van der Waals surface area contributed by atoms with Gasteiger partial charge in [0.15, 0.2) is 17.3 Å². The molecule has 2 heterocycles. The van der Waals surface area contributed by atoms with E-state index in [-0.39, 0.29) is 18.2 Å². The molecule has 29 heavy (non-hydrogen) atoms. The van der Waals surface area contributed by atoms with Crippen LogP contribution in [-0.2, 0) is 16.8 Å². The van der Waals surface area contributed by atoms with Crippen molar-refractivity contribution in [2.45, 2.75) is 24.8 Å². The molecule has 1 saturated heterocycles. The zero-order chi connectivity index (χ0) is 20.0. The molecule has 1 fully saturated rings. The Morgan fingerprint density at radius 1 is 1.07 bits per heavy atom. The second kappa shape index (κ2) is 6.62. The average Bonchev–Trinajstić information content (AvgIpc) is 2.98. The number of imide groups is 1. The monoisotopic (exact) mass is 392 g/mol. The summed E-state index contributed by atoms with van der Waals surface area (Å²) in [4.78, 5) is 39.8. The van der Waals surface area contributed by atoms with Gasteiger partial charge >= 0.3 is 6.03 Å². The van der Waals surface area contributed by atoms with Crippen LogP contribution >= 0.6 is 0 Å². The van der Waals surface area contributed by atoms with Crippen molar-refractivity contribution < 1.29 is 23.9 Å². The SMILES string of the molecule is O=C(CN1C(=O)N[C@]2(CCCc3ccccc32)C1=O)c1ccc2c(c1)OCCO2. The Bertz CT molecular complexity index is 1030. The summed E-state index contributed by atoms with van der Waals surface area (Å²) in [6.07, 6.45) is 2.20.